The van der Waals surface area contributed by atoms with Crippen molar-refractivity contribution in [2.24, 2.45) is 5.41 Å². The van der Waals surface area contributed by atoms with E-state index in [0.29, 0.717) is 24.2 Å². The fourth-order valence-corrected chi connectivity index (χ4v) is 3.28. The first kappa shape index (κ1) is 17.7. The third-order valence-corrected chi connectivity index (χ3v) is 4.60. The van der Waals surface area contributed by atoms with Crippen LogP contribution in [0.2, 0.25) is 0 Å². The molecule has 1 aliphatic rings. The topological polar surface area (TPSA) is 40.6 Å². The quantitative estimate of drug-likeness (QED) is 0.570. The third kappa shape index (κ3) is 2.84. The predicted molar refractivity (Wildman–Crippen MR) is 105 cm³/mol. The number of anilines is 2. The van der Waals surface area contributed by atoms with E-state index in [4.69, 9.17) is 0 Å². The number of amides is 2. The molecule has 3 rings (SSSR count). The van der Waals surface area contributed by atoms with Gasteiger partial charge >= 0.3 is 0 Å². The molecule has 0 N–H and O–H groups in total. The fourth-order valence-electron chi connectivity index (χ4n) is 3.28. The van der Waals surface area contributed by atoms with E-state index < -0.39 is 5.41 Å². The van der Waals surface area contributed by atoms with Crippen molar-refractivity contribution in [3.8, 4) is 0 Å². The summed E-state index contributed by atoms with van der Waals surface area (Å²) in [6.45, 7) is 5.66. The van der Waals surface area contributed by atoms with Crippen molar-refractivity contribution >= 4 is 23.2 Å². The zero-order valence-corrected chi connectivity index (χ0v) is 14.8. The summed E-state index contributed by atoms with van der Waals surface area (Å²) in [5.74, 6) is -0.453. The summed E-state index contributed by atoms with van der Waals surface area (Å²) in [4.78, 5) is 27.0. The minimum atomic E-state index is -1.17. The Bertz CT molecular complexity index is 770. The van der Waals surface area contributed by atoms with Gasteiger partial charge in [0.1, 0.15) is 5.41 Å². The molecule has 0 bridgehead atoms. The maximum atomic E-state index is 13.5. The third-order valence-electron chi connectivity index (χ3n) is 4.60. The molecule has 1 saturated heterocycles. The lowest BCUT2D eigenvalue weighted by molar-refractivity contribution is -0.134. The zero-order valence-electron chi connectivity index (χ0n) is 14.8. The Labute approximate surface area is 154 Å². The second-order valence-corrected chi connectivity index (χ2v) is 6.25. The highest BCUT2D eigenvalue weighted by molar-refractivity contribution is 6.26. The second kappa shape index (κ2) is 7.40. The van der Waals surface area contributed by atoms with Crippen LogP contribution in [0.4, 0.5) is 11.4 Å². The summed E-state index contributed by atoms with van der Waals surface area (Å²) in [6, 6.07) is 18.5. The lowest BCUT2D eigenvalue weighted by atomic mass is 9.80. The Kier molecular flexibility index (Phi) is 5.03. The average molecular weight is 346 g/mol. The minimum absolute atomic E-state index is 0.226. The van der Waals surface area contributed by atoms with Crippen LogP contribution in [-0.2, 0) is 9.59 Å². The van der Waals surface area contributed by atoms with Gasteiger partial charge in [-0.1, -0.05) is 54.6 Å². The molecule has 4 nitrogen and oxygen atoms in total. The Hall–Kier alpha value is -3.14. The Morgan fingerprint density at radius 2 is 1.31 bits per heavy atom. The number of para-hydroxylation sites is 2. The summed E-state index contributed by atoms with van der Waals surface area (Å²) in [5.41, 5.74) is 0.169. The number of allylic oxidation sites excluding steroid dienone is 3. The number of carbonyl (C=O) groups excluding carboxylic acids is 2. The number of nitrogens with zero attached hydrogens (tertiary/aromatic N) is 2. The summed E-state index contributed by atoms with van der Waals surface area (Å²) < 4.78 is 0. The maximum absolute atomic E-state index is 13.5. The molecule has 0 atom stereocenters. The zero-order chi connectivity index (χ0) is 18.6. The normalized spacial score (nSPS) is 16.5. The lowest BCUT2D eigenvalue weighted by Crippen LogP contribution is -2.41. The molecule has 0 radical (unpaired) electrons. The van der Waals surface area contributed by atoms with E-state index in [1.165, 1.54) is 10.0 Å². The Morgan fingerprint density at radius 1 is 0.846 bits per heavy atom. The van der Waals surface area contributed by atoms with Crippen molar-refractivity contribution in [3.63, 3.8) is 0 Å². The van der Waals surface area contributed by atoms with Crippen LogP contribution in [0.3, 0.4) is 0 Å². The van der Waals surface area contributed by atoms with Gasteiger partial charge in [-0.25, -0.2) is 10.0 Å². The van der Waals surface area contributed by atoms with Gasteiger partial charge in [-0.3, -0.25) is 9.59 Å². The summed E-state index contributed by atoms with van der Waals surface area (Å²) in [7, 11) is 0. The number of hydrogen-bond donors (Lipinski definition) is 0. The van der Waals surface area contributed by atoms with Crippen molar-refractivity contribution in [2.45, 2.75) is 19.8 Å². The first-order valence-corrected chi connectivity index (χ1v) is 8.67. The van der Waals surface area contributed by atoms with Gasteiger partial charge < -0.3 is 0 Å². The van der Waals surface area contributed by atoms with Crippen molar-refractivity contribution in [2.75, 3.05) is 10.0 Å². The molecule has 2 amide bonds. The average Bonchev–Trinajstić information content (AvgIpc) is 2.90. The molecular formula is C22H22N2O2. The molecule has 2 aromatic rings. The summed E-state index contributed by atoms with van der Waals surface area (Å²) in [6.07, 6.45) is 6.03. The first-order valence-electron chi connectivity index (χ1n) is 8.67. The van der Waals surface area contributed by atoms with Gasteiger partial charge in [0, 0.05) is 0 Å². The van der Waals surface area contributed by atoms with Gasteiger partial charge in [0.15, 0.2) is 0 Å². The Morgan fingerprint density at radius 3 is 1.69 bits per heavy atom. The molecule has 1 heterocycles. The molecule has 0 aromatic heterocycles. The first-order chi connectivity index (χ1) is 12.7. The number of carbonyl (C=O) groups is 2. The summed E-state index contributed by atoms with van der Waals surface area (Å²) >= 11 is 0. The van der Waals surface area contributed by atoms with Crippen LogP contribution in [0, 0.1) is 5.41 Å². The predicted octanol–water partition coefficient (Wildman–Crippen LogP) is 4.51. The molecule has 4 heteroatoms. The van der Waals surface area contributed by atoms with Gasteiger partial charge in [-0.2, -0.15) is 0 Å². The monoisotopic (exact) mass is 346 g/mol. The molecule has 0 unspecified atom stereocenters. The highest BCUT2D eigenvalue weighted by Gasteiger charge is 2.57. The van der Waals surface area contributed by atoms with Crippen molar-refractivity contribution in [1.82, 2.24) is 0 Å². The Balaban J connectivity index is 2.18. The van der Waals surface area contributed by atoms with Crippen molar-refractivity contribution < 1.29 is 9.59 Å². The molecular weight excluding hydrogens is 324 g/mol. The van der Waals surface area contributed by atoms with E-state index in [-0.39, 0.29) is 11.8 Å². The van der Waals surface area contributed by atoms with Gasteiger partial charge in [0.05, 0.1) is 11.4 Å². The molecule has 1 aliphatic heterocycles. The van der Waals surface area contributed by atoms with E-state index in [0.717, 1.165) is 0 Å². The molecule has 26 heavy (non-hydrogen) atoms. The number of rotatable bonds is 6. The minimum Gasteiger partial charge on any atom is -0.271 e. The van der Waals surface area contributed by atoms with Crippen molar-refractivity contribution in [3.05, 3.63) is 85.5 Å². The second-order valence-electron chi connectivity index (χ2n) is 6.25. The molecule has 2 aromatic carbocycles. The standard InChI is InChI=1S/C22H22N2O2/c1-3-5-17-22(16-4-2)20(25)23(18-12-8-6-9-13-18)24(21(22)26)19-14-10-7-11-15-19/h3-15H,2,16-17H2,1H3/b5-3+. The van der Waals surface area contributed by atoms with Crippen LogP contribution >= 0.6 is 0 Å². The van der Waals surface area contributed by atoms with Crippen LogP contribution in [0.1, 0.15) is 19.8 Å². The molecule has 1 fully saturated rings. The molecule has 0 saturated carbocycles. The van der Waals surface area contributed by atoms with E-state index in [2.05, 4.69) is 6.58 Å². The van der Waals surface area contributed by atoms with Crippen LogP contribution in [0.25, 0.3) is 0 Å². The lowest BCUT2D eigenvalue weighted by Gasteiger charge is -2.27. The SMILES string of the molecule is C=CCC1(C/C=C/C)C(=O)N(c2ccccc2)N(c2ccccc2)C1=O. The van der Waals surface area contributed by atoms with Gasteiger partial charge in [0.25, 0.3) is 11.8 Å². The van der Waals surface area contributed by atoms with E-state index >= 15 is 0 Å². The highest BCUT2D eigenvalue weighted by Crippen LogP contribution is 2.43. The maximum Gasteiger partial charge on any atom is 0.262 e. The van der Waals surface area contributed by atoms with Gasteiger partial charge in [-0.15, -0.1) is 6.58 Å². The highest BCUT2D eigenvalue weighted by atomic mass is 16.2. The van der Waals surface area contributed by atoms with E-state index in [9.17, 15) is 9.59 Å². The largest absolute Gasteiger partial charge is 0.271 e. The molecule has 0 spiro atoms. The smallest absolute Gasteiger partial charge is 0.262 e. The van der Waals surface area contributed by atoms with Crippen LogP contribution in [0.5, 0.6) is 0 Å². The fraction of sp³-hybridized carbons (Fsp3) is 0.182. The van der Waals surface area contributed by atoms with Crippen LogP contribution in [-0.4, -0.2) is 11.8 Å². The molecule has 132 valence electrons. The van der Waals surface area contributed by atoms with Crippen LogP contribution in [0.15, 0.2) is 85.5 Å². The number of hydrazine groups is 1. The summed E-state index contributed by atoms with van der Waals surface area (Å²) in [5, 5.41) is 2.98. The van der Waals surface area contributed by atoms with Crippen molar-refractivity contribution in [1.29, 1.82) is 0 Å². The number of benzene rings is 2. The van der Waals surface area contributed by atoms with Crippen LogP contribution < -0.4 is 10.0 Å². The van der Waals surface area contributed by atoms with E-state index in [1.54, 1.807) is 6.08 Å². The van der Waals surface area contributed by atoms with Gasteiger partial charge in [-0.05, 0) is 44.0 Å². The van der Waals surface area contributed by atoms with E-state index in [1.807, 2.05) is 79.7 Å². The number of hydrogen-bond acceptors (Lipinski definition) is 2. The van der Waals surface area contributed by atoms with Gasteiger partial charge in [0.2, 0.25) is 0 Å². The molecule has 0 aliphatic carbocycles.